The standard InChI is InChI=1S/C21H16N2O2S2/c1-23-20(25)19(27-21(23)22-15-7-9-16(24)10-8-15)13-17-11-12-18(26-17)14-5-3-2-4-6-14/h2-13,24H,1H3/b19-13-,22-21?. The van der Waals surface area contributed by atoms with E-state index in [2.05, 4.69) is 23.2 Å². The van der Waals surface area contributed by atoms with Crippen molar-refractivity contribution >= 4 is 45.9 Å². The van der Waals surface area contributed by atoms with Crippen molar-refractivity contribution in [1.82, 2.24) is 4.90 Å². The molecule has 1 N–H and O–H groups in total. The average Bonchev–Trinajstić information content (AvgIpc) is 3.26. The first-order chi connectivity index (χ1) is 13.1. The molecule has 4 nitrogen and oxygen atoms in total. The predicted molar refractivity (Wildman–Crippen MR) is 113 cm³/mol. The van der Waals surface area contributed by atoms with E-state index in [4.69, 9.17) is 0 Å². The van der Waals surface area contributed by atoms with E-state index in [0.29, 0.717) is 15.8 Å². The van der Waals surface area contributed by atoms with Gasteiger partial charge in [-0.05, 0) is 59.8 Å². The lowest BCUT2D eigenvalue weighted by atomic mass is 10.2. The monoisotopic (exact) mass is 392 g/mol. The second-order valence-electron chi connectivity index (χ2n) is 5.95. The zero-order valence-corrected chi connectivity index (χ0v) is 16.1. The van der Waals surface area contributed by atoms with E-state index in [0.717, 1.165) is 4.88 Å². The highest BCUT2D eigenvalue weighted by Gasteiger charge is 2.30. The van der Waals surface area contributed by atoms with Crippen molar-refractivity contribution in [3.63, 3.8) is 0 Å². The fourth-order valence-corrected chi connectivity index (χ4v) is 4.62. The summed E-state index contributed by atoms with van der Waals surface area (Å²) in [6.45, 7) is 0. The molecule has 1 aliphatic heterocycles. The zero-order valence-electron chi connectivity index (χ0n) is 14.5. The number of carbonyl (C=O) groups excluding carboxylic acids is 1. The van der Waals surface area contributed by atoms with E-state index in [1.807, 2.05) is 30.3 Å². The Morgan fingerprint density at radius 2 is 1.74 bits per heavy atom. The molecule has 1 amide bonds. The van der Waals surface area contributed by atoms with Crippen molar-refractivity contribution in [2.75, 3.05) is 7.05 Å². The number of aromatic hydroxyl groups is 1. The molecule has 134 valence electrons. The van der Waals surface area contributed by atoms with Gasteiger partial charge in [-0.15, -0.1) is 11.3 Å². The molecule has 3 aromatic rings. The number of phenolic OH excluding ortho intramolecular Hbond substituents is 1. The molecule has 0 spiro atoms. The van der Waals surface area contributed by atoms with Gasteiger partial charge >= 0.3 is 0 Å². The van der Waals surface area contributed by atoms with Gasteiger partial charge in [0.05, 0.1) is 10.6 Å². The molecule has 0 unspecified atom stereocenters. The summed E-state index contributed by atoms with van der Waals surface area (Å²) in [6, 6.07) is 20.9. The van der Waals surface area contributed by atoms with Crippen molar-refractivity contribution in [1.29, 1.82) is 0 Å². The largest absolute Gasteiger partial charge is 0.508 e. The van der Waals surface area contributed by atoms with Crippen LogP contribution in [0.15, 0.2) is 76.6 Å². The Morgan fingerprint density at radius 1 is 1.00 bits per heavy atom. The number of likely N-dealkylation sites (N-methyl/N-ethyl adjacent to an activating group) is 1. The van der Waals surface area contributed by atoms with E-state index in [1.165, 1.54) is 22.2 Å². The first-order valence-corrected chi connectivity index (χ1v) is 9.94. The molecule has 1 aromatic heterocycles. The third kappa shape index (κ3) is 3.82. The SMILES string of the molecule is CN1C(=O)/C(=C/c2ccc(-c3ccccc3)s2)SC1=Nc1ccc(O)cc1. The van der Waals surface area contributed by atoms with Gasteiger partial charge in [0.15, 0.2) is 5.17 Å². The number of amides is 1. The molecule has 1 aliphatic rings. The van der Waals surface area contributed by atoms with E-state index in [9.17, 15) is 9.90 Å². The highest BCUT2D eigenvalue weighted by atomic mass is 32.2. The van der Waals surface area contributed by atoms with Gasteiger partial charge in [-0.3, -0.25) is 9.69 Å². The number of thiophene rings is 1. The Morgan fingerprint density at radius 3 is 2.48 bits per heavy atom. The number of rotatable bonds is 3. The van der Waals surface area contributed by atoms with E-state index < -0.39 is 0 Å². The maximum Gasteiger partial charge on any atom is 0.266 e. The summed E-state index contributed by atoms with van der Waals surface area (Å²) < 4.78 is 0. The lowest BCUT2D eigenvalue weighted by molar-refractivity contribution is -0.121. The lowest BCUT2D eigenvalue weighted by Gasteiger charge is -2.06. The maximum absolute atomic E-state index is 12.6. The maximum atomic E-state index is 12.6. The third-order valence-electron chi connectivity index (χ3n) is 4.04. The number of thioether (sulfide) groups is 1. The summed E-state index contributed by atoms with van der Waals surface area (Å²) in [6.07, 6.45) is 1.92. The van der Waals surface area contributed by atoms with Gasteiger partial charge in [-0.25, -0.2) is 4.99 Å². The first kappa shape index (κ1) is 17.6. The zero-order chi connectivity index (χ0) is 18.8. The smallest absolute Gasteiger partial charge is 0.266 e. The highest BCUT2D eigenvalue weighted by Crippen LogP contribution is 2.36. The van der Waals surface area contributed by atoms with Gasteiger partial charge < -0.3 is 5.11 Å². The van der Waals surface area contributed by atoms with Gasteiger partial charge in [-0.2, -0.15) is 0 Å². The molecular weight excluding hydrogens is 376 g/mol. The second kappa shape index (κ2) is 7.42. The number of nitrogens with zero attached hydrogens (tertiary/aromatic N) is 2. The van der Waals surface area contributed by atoms with Crippen LogP contribution in [-0.2, 0) is 4.79 Å². The molecule has 6 heteroatoms. The van der Waals surface area contributed by atoms with Crippen LogP contribution in [0.25, 0.3) is 16.5 Å². The fraction of sp³-hybridized carbons (Fsp3) is 0.0476. The highest BCUT2D eigenvalue weighted by molar-refractivity contribution is 8.18. The number of hydrogen-bond acceptors (Lipinski definition) is 5. The minimum Gasteiger partial charge on any atom is -0.508 e. The van der Waals surface area contributed by atoms with Crippen LogP contribution in [-0.4, -0.2) is 28.1 Å². The van der Waals surface area contributed by atoms with Crippen molar-refractivity contribution in [2.24, 2.45) is 4.99 Å². The van der Waals surface area contributed by atoms with Gasteiger partial charge in [0, 0.05) is 16.8 Å². The van der Waals surface area contributed by atoms with E-state index in [-0.39, 0.29) is 11.7 Å². The number of carbonyl (C=O) groups is 1. The Kier molecular flexibility index (Phi) is 4.83. The van der Waals surface area contributed by atoms with Crippen LogP contribution >= 0.6 is 23.1 Å². The molecule has 0 atom stereocenters. The van der Waals surface area contributed by atoms with Crippen LogP contribution in [0.5, 0.6) is 5.75 Å². The molecule has 1 fully saturated rings. The number of amidine groups is 1. The Bertz CT molecular complexity index is 1040. The van der Waals surface area contributed by atoms with E-state index in [1.54, 1.807) is 47.5 Å². The minimum atomic E-state index is -0.0628. The van der Waals surface area contributed by atoms with Gasteiger partial charge in [0.2, 0.25) is 0 Å². The molecule has 0 bridgehead atoms. The van der Waals surface area contributed by atoms with Gasteiger partial charge in [0.1, 0.15) is 5.75 Å². The molecular formula is C21H16N2O2S2. The van der Waals surface area contributed by atoms with Crippen LogP contribution in [0.1, 0.15) is 4.88 Å². The number of hydrogen-bond donors (Lipinski definition) is 1. The number of benzene rings is 2. The van der Waals surface area contributed by atoms with Crippen LogP contribution in [0.4, 0.5) is 5.69 Å². The molecule has 0 aliphatic carbocycles. The van der Waals surface area contributed by atoms with Crippen molar-refractivity contribution < 1.29 is 9.90 Å². The summed E-state index contributed by atoms with van der Waals surface area (Å²) in [4.78, 5) is 21.5. The summed E-state index contributed by atoms with van der Waals surface area (Å²) in [5, 5.41) is 10.00. The molecule has 0 saturated carbocycles. The summed E-state index contributed by atoms with van der Waals surface area (Å²) in [5.41, 5.74) is 1.86. The Hall–Kier alpha value is -2.83. The van der Waals surface area contributed by atoms with E-state index >= 15 is 0 Å². The summed E-state index contributed by atoms with van der Waals surface area (Å²) in [7, 11) is 1.72. The number of aliphatic imine (C=N–C) groups is 1. The molecule has 1 saturated heterocycles. The van der Waals surface area contributed by atoms with Crippen molar-refractivity contribution in [3.05, 3.63) is 76.5 Å². The van der Waals surface area contributed by atoms with Crippen LogP contribution in [0.2, 0.25) is 0 Å². The molecule has 27 heavy (non-hydrogen) atoms. The quantitative estimate of drug-likeness (QED) is 0.611. The summed E-state index contributed by atoms with van der Waals surface area (Å²) >= 11 is 3.01. The average molecular weight is 393 g/mol. The lowest BCUT2D eigenvalue weighted by Crippen LogP contribution is -2.23. The van der Waals surface area contributed by atoms with Gasteiger partial charge in [0.25, 0.3) is 5.91 Å². The summed E-state index contributed by atoms with van der Waals surface area (Å²) in [5.74, 6) is 0.127. The number of phenols is 1. The van der Waals surface area contributed by atoms with Crippen molar-refractivity contribution in [3.8, 4) is 16.2 Å². The molecule has 2 heterocycles. The Balaban J connectivity index is 1.58. The Labute approximate surface area is 165 Å². The fourth-order valence-electron chi connectivity index (χ4n) is 2.61. The first-order valence-electron chi connectivity index (χ1n) is 8.31. The molecule has 0 radical (unpaired) electrons. The van der Waals surface area contributed by atoms with Crippen LogP contribution in [0, 0.1) is 0 Å². The minimum absolute atomic E-state index is 0.0628. The topological polar surface area (TPSA) is 52.9 Å². The van der Waals surface area contributed by atoms with Crippen LogP contribution in [0.3, 0.4) is 0 Å². The second-order valence-corrected chi connectivity index (χ2v) is 8.08. The van der Waals surface area contributed by atoms with Crippen molar-refractivity contribution in [2.45, 2.75) is 0 Å². The van der Waals surface area contributed by atoms with Crippen LogP contribution < -0.4 is 0 Å². The molecule has 4 rings (SSSR count). The predicted octanol–water partition coefficient (Wildman–Crippen LogP) is 5.35. The normalized spacial score (nSPS) is 17.2. The molecule has 2 aromatic carbocycles. The van der Waals surface area contributed by atoms with Gasteiger partial charge in [-0.1, -0.05) is 30.3 Å². The third-order valence-corrected chi connectivity index (χ3v) is 6.18.